The SMILES string of the molecule is O=C(NCCS(=O)(=O)N1CCN(c2ccccn2)CC1)c1cc(-c2cccnc2)on1. The average Bonchev–Trinajstić information content (AvgIpc) is 3.31. The molecular weight excluding hydrogens is 420 g/mol. The largest absolute Gasteiger partial charge is 0.355 e. The van der Waals surface area contributed by atoms with E-state index in [2.05, 4.69) is 25.3 Å². The number of carbonyl (C=O) groups is 1. The van der Waals surface area contributed by atoms with Crippen LogP contribution < -0.4 is 10.2 Å². The third-order valence-electron chi connectivity index (χ3n) is 4.94. The molecule has 11 heteroatoms. The average molecular weight is 443 g/mol. The Balaban J connectivity index is 1.26. The van der Waals surface area contributed by atoms with Gasteiger partial charge in [0, 0.05) is 62.9 Å². The molecule has 1 saturated heterocycles. The molecule has 0 unspecified atom stereocenters. The molecule has 0 spiro atoms. The van der Waals surface area contributed by atoms with Crippen LogP contribution in [0.3, 0.4) is 0 Å². The number of carbonyl (C=O) groups excluding carboxylic acids is 1. The highest BCUT2D eigenvalue weighted by atomic mass is 32.2. The van der Waals surface area contributed by atoms with Gasteiger partial charge in [0.25, 0.3) is 5.91 Å². The number of rotatable bonds is 7. The van der Waals surface area contributed by atoms with E-state index in [1.54, 1.807) is 30.7 Å². The van der Waals surface area contributed by atoms with Crippen LogP contribution in [0.5, 0.6) is 0 Å². The number of sulfonamides is 1. The molecule has 0 atom stereocenters. The number of hydrogen-bond donors (Lipinski definition) is 1. The van der Waals surface area contributed by atoms with Crippen molar-refractivity contribution in [1.82, 2.24) is 24.7 Å². The van der Waals surface area contributed by atoms with Gasteiger partial charge in [-0.15, -0.1) is 0 Å². The van der Waals surface area contributed by atoms with Crippen LogP contribution in [-0.4, -0.2) is 72.2 Å². The summed E-state index contributed by atoms with van der Waals surface area (Å²) in [6.45, 7) is 1.88. The van der Waals surface area contributed by atoms with Crippen molar-refractivity contribution in [2.75, 3.05) is 43.4 Å². The van der Waals surface area contributed by atoms with E-state index >= 15 is 0 Å². The highest BCUT2D eigenvalue weighted by molar-refractivity contribution is 7.89. The van der Waals surface area contributed by atoms with Crippen LogP contribution in [0.15, 0.2) is 59.5 Å². The Morgan fingerprint density at radius 1 is 1.10 bits per heavy atom. The summed E-state index contributed by atoms with van der Waals surface area (Å²) >= 11 is 0. The van der Waals surface area contributed by atoms with Gasteiger partial charge in [-0.3, -0.25) is 9.78 Å². The third-order valence-corrected chi connectivity index (χ3v) is 6.81. The molecule has 1 aliphatic rings. The predicted molar refractivity (Wildman–Crippen MR) is 114 cm³/mol. The van der Waals surface area contributed by atoms with Crippen LogP contribution in [0.1, 0.15) is 10.5 Å². The maximum atomic E-state index is 12.6. The zero-order valence-corrected chi connectivity index (χ0v) is 17.5. The van der Waals surface area contributed by atoms with Crippen molar-refractivity contribution in [2.24, 2.45) is 0 Å². The molecule has 31 heavy (non-hydrogen) atoms. The minimum absolute atomic E-state index is 0.0172. The van der Waals surface area contributed by atoms with E-state index in [-0.39, 0.29) is 18.0 Å². The summed E-state index contributed by atoms with van der Waals surface area (Å²) in [5.74, 6) is 0.575. The van der Waals surface area contributed by atoms with E-state index < -0.39 is 15.9 Å². The molecule has 0 radical (unpaired) electrons. The van der Waals surface area contributed by atoms with Gasteiger partial charge in [-0.1, -0.05) is 11.2 Å². The van der Waals surface area contributed by atoms with Crippen molar-refractivity contribution in [3.05, 3.63) is 60.7 Å². The molecule has 0 bridgehead atoms. The molecule has 4 heterocycles. The first-order valence-electron chi connectivity index (χ1n) is 9.82. The summed E-state index contributed by atoms with van der Waals surface area (Å²) in [4.78, 5) is 22.6. The van der Waals surface area contributed by atoms with Crippen LogP contribution in [0.2, 0.25) is 0 Å². The fourth-order valence-corrected chi connectivity index (χ4v) is 4.61. The van der Waals surface area contributed by atoms with Crippen LogP contribution in [0.25, 0.3) is 11.3 Å². The Kier molecular flexibility index (Phi) is 6.23. The zero-order valence-electron chi connectivity index (χ0n) is 16.7. The van der Waals surface area contributed by atoms with Crippen molar-refractivity contribution >= 4 is 21.7 Å². The second-order valence-corrected chi connectivity index (χ2v) is 9.05. The number of pyridine rings is 2. The van der Waals surface area contributed by atoms with Gasteiger partial charge >= 0.3 is 0 Å². The first-order chi connectivity index (χ1) is 15.0. The minimum atomic E-state index is -3.49. The molecule has 0 aliphatic carbocycles. The van der Waals surface area contributed by atoms with Crippen molar-refractivity contribution in [2.45, 2.75) is 0 Å². The molecule has 4 rings (SSSR count). The van der Waals surface area contributed by atoms with Gasteiger partial charge in [0.1, 0.15) is 5.82 Å². The molecule has 162 valence electrons. The lowest BCUT2D eigenvalue weighted by Gasteiger charge is -2.34. The van der Waals surface area contributed by atoms with Crippen molar-refractivity contribution in [3.63, 3.8) is 0 Å². The van der Waals surface area contributed by atoms with Gasteiger partial charge in [-0.25, -0.2) is 13.4 Å². The molecule has 0 saturated carbocycles. The summed E-state index contributed by atoms with van der Waals surface area (Å²) in [5.41, 5.74) is 0.779. The lowest BCUT2D eigenvalue weighted by Crippen LogP contribution is -2.50. The van der Waals surface area contributed by atoms with Gasteiger partial charge in [0.05, 0.1) is 5.75 Å². The van der Waals surface area contributed by atoms with Crippen LogP contribution in [0.4, 0.5) is 5.82 Å². The molecule has 1 aliphatic heterocycles. The standard InChI is InChI=1S/C20H22N6O4S/c27-20(17-14-18(30-24-17)16-4-3-6-21-15-16)23-8-13-31(28,29)26-11-9-25(10-12-26)19-5-1-2-7-22-19/h1-7,14-15H,8-13H2,(H,23,27). The molecule has 3 aromatic heterocycles. The Labute approximate surface area is 179 Å². The first kappa shape index (κ1) is 20.9. The Morgan fingerprint density at radius 2 is 1.94 bits per heavy atom. The topological polar surface area (TPSA) is 122 Å². The normalized spacial score (nSPS) is 15.0. The molecule has 1 fully saturated rings. The van der Waals surface area contributed by atoms with Gasteiger partial charge in [0.2, 0.25) is 10.0 Å². The smallest absolute Gasteiger partial charge is 0.273 e. The first-order valence-corrected chi connectivity index (χ1v) is 11.4. The van der Waals surface area contributed by atoms with Crippen LogP contribution in [-0.2, 0) is 10.0 Å². The maximum absolute atomic E-state index is 12.6. The van der Waals surface area contributed by atoms with Crippen molar-refractivity contribution in [3.8, 4) is 11.3 Å². The predicted octanol–water partition coefficient (Wildman–Crippen LogP) is 1.01. The highest BCUT2D eigenvalue weighted by Crippen LogP contribution is 2.19. The summed E-state index contributed by atoms with van der Waals surface area (Å²) in [6.07, 6.45) is 4.95. The van der Waals surface area contributed by atoms with Crippen LogP contribution in [0, 0.1) is 0 Å². The molecule has 10 nitrogen and oxygen atoms in total. The lowest BCUT2D eigenvalue weighted by molar-refractivity contribution is 0.0947. The zero-order chi connectivity index (χ0) is 21.7. The maximum Gasteiger partial charge on any atom is 0.273 e. The molecule has 1 amide bonds. The van der Waals surface area contributed by atoms with Crippen molar-refractivity contribution in [1.29, 1.82) is 0 Å². The number of anilines is 1. The van der Waals surface area contributed by atoms with Gasteiger partial charge < -0.3 is 14.7 Å². The lowest BCUT2D eigenvalue weighted by atomic mass is 10.2. The fraction of sp³-hybridized carbons (Fsp3) is 0.300. The molecule has 0 aromatic carbocycles. The fourth-order valence-electron chi connectivity index (χ4n) is 3.28. The molecule has 3 aromatic rings. The number of piperazine rings is 1. The minimum Gasteiger partial charge on any atom is -0.355 e. The summed E-state index contributed by atoms with van der Waals surface area (Å²) in [7, 11) is -3.49. The van der Waals surface area contributed by atoms with E-state index in [1.165, 1.54) is 10.4 Å². The summed E-state index contributed by atoms with van der Waals surface area (Å²) in [6, 6.07) is 10.7. The van der Waals surface area contributed by atoms with E-state index in [1.807, 2.05) is 18.2 Å². The van der Waals surface area contributed by atoms with Crippen LogP contribution >= 0.6 is 0 Å². The Morgan fingerprint density at radius 3 is 2.65 bits per heavy atom. The highest BCUT2D eigenvalue weighted by Gasteiger charge is 2.27. The Hall–Kier alpha value is -3.31. The van der Waals surface area contributed by atoms with E-state index in [0.717, 1.165) is 5.82 Å². The summed E-state index contributed by atoms with van der Waals surface area (Å²) in [5, 5.41) is 6.34. The van der Waals surface area contributed by atoms with E-state index in [4.69, 9.17) is 4.52 Å². The van der Waals surface area contributed by atoms with E-state index in [9.17, 15) is 13.2 Å². The molecule has 1 N–H and O–H groups in total. The quantitative estimate of drug-likeness (QED) is 0.575. The second kappa shape index (κ2) is 9.23. The number of nitrogens with one attached hydrogen (secondary N) is 1. The number of amides is 1. The van der Waals surface area contributed by atoms with Gasteiger partial charge in [-0.05, 0) is 24.3 Å². The number of nitrogens with zero attached hydrogens (tertiary/aromatic N) is 5. The number of hydrogen-bond acceptors (Lipinski definition) is 8. The monoisotopic (exact) mass is 442 g/mol. The van der Waals surface area contributed by atoms with Gasteiger partial charge in [0.15, 0.2) is 11.5 Å². The Bertz CT molecular complexity index is 1110. The summed E-state index contributed by atoms with van der Waals surface area (Å²) < 4.78 is 31.9. The van der Waals surface area contributed by atoms with Crippen molar-refractivity contribution < 1.29 is 17.7 Å². The number of aromatic nitrogens is 3. The third kappa shape index (κ3) is 5.06. The van der Waals surface area contributed by atoms with E-state index in [0.29, 0.717) is 37.5 Å². The molecular formula is C20H22N6O4S. The second-order valence-electron chi connectivity index (χ2n) is 6.96. The van der Waals surface area contributed by atoms with Gasteiger partial charge in [-0.2, -0.15) is 4.31 Å².